The van der Waals surface area contributed by atoms with Crippen molar-refractivity contribution in [2.45, 2.75) is 26.8 Å². The average Bonchev–Trinajstić information content (AvgIpc) is 2.30. The van der Waals surface area contributed by atoms with E-state index in [9.17, 15) is 0 Å². The molecule has 0 radical (unpaired) electrons. The van der Waals surface area contributed by atoms with Crippen LogP contribution in [0.2, 0.25) is 0 Å². The Balaban J connectivity index is 3.02. The maximum absolute atomic E-state index is 5.93. The SMILES string of the molecule is CC(C)(C)C(N)c1nnc(N)n1N. The van der Waals surface area contributed by atoms with E-state index in [1.807, 2.05) is 20.8 Å². The van der Waals surface area contributed by atoms with Crippen molar-refractivity contribution in [2.75, 3.05) is 11.6 Å². The lowest BCUT2D eigenvalue weighted by Crippen LogP contribution is -2.31. The first-order chi connectivity index (χ1) is 5.84. The van der Waals surface area contributed by atoms with Crippen LogP contribution >= 0.6 is 0 Å². The van der Waals surface area contributed by atoms with E-state index in [4.69, 9.17) is 17.3 Å². The van der Waals surface area contributed by atoms with Crippen molar-refractivity contribution in [3.05, 3.63) is 5.82 Å². The number of nitrogens with two attached hydrogens (primary N) is 3. The number of anilines is 1. The topological polar surface area (TPSA) is 109 Å². The second-order valence-corrected chi connectivity index (χ2v) is 4.13. The summed E-state index contributed by atoms with van der Waals surface area (Å²) in [6.07, 6.45) is 0. The van der Waals surface area contributed by atoms with Crippen LogP contribution in [0.3, 0.4) is 0 Å². The number of nitrogens with zero attached hydrogens (tertiary/aromatic N) is 3. The maximum Gasteiger partial charge on any atom is 0.240 e. The smallest absolute Gasteiger partial charge is 0.240 e. The van der Waals surface area contributed by atoms with Gasteiger partial charge in [0.25, 0.3) is 0 Å². The summed E-state index contributed by atoms with van der Waals surface area (Å²) < 4.78 is 1.22. The van der Waals surface area contributed by atoms with E-state index in [2.05, 4.69) is 10.2 Å². The Labute approximate surface area is 77.1 Å². The largest absolute Gasteiger partial charge is 0.366 e. The predicted octanol–water partition coefficient (Wildman–Crippen LogP) is -0.380. The van der Waals surface area contributed by atoms with Gasteiger partial charge in [-0.25, -0.2) is 4.68 Å². The Morgan fingerprint density at radius 2 is 1.85 bits per heavy atom. The summed E-state index contributed by atoms with van der Waals surface area (Å²) in [6, 6.07) is -0.276. The summed E-state index contributed by atoms with van der Waals surface area (Å²) >= 11 is 0. The summed E-state index contributed by atoms with van der Waals surface area (Å²) in [6.45, 7) is 6.01. The van der Waals surface area contributed by atoms with Gasteiger partial charge < -0.3 is 17.3 Å². The van der Waals surface area contributed by atoms with Crippen LogP contribution in [0.4, 0.5) is 5.95 Å². The van der Waals surface area contributed by atoms with Crippen molar-refractivity contribution < 1.29 is 0 Å². The van der Waals surface area contributed by atoms with Gasteiger partial charge in [-0.3, -0.25) is 0 Å². The van der Waals surface area contributed by atoms with E-state index in [0.29, 0.717) is 5.82 Å². The van der Waals surface area contributed by atoms with Crippen LogP contribution in [-0.4, -0.2) is 14.9 Å². The fourth-order valence-electron chi connectivity index (χ4n) is 0.916. The van der Waals surface area contributed by atoms with E-state index in [1.54, 1.807) is 0 Å². The van der Waals surface area contributed by atoms with Crippen molar-refractivity contribution >= 4 is 5.95 Å². The van der Waals surface area contributed by atoms with E-state index >= 15 is 0 Å². The molecule has 1 rings (SSSR count). The first-order valence-corrected chi connectivity index (χ1v) is 4.05. The first-order valence-electron chi connectivity index (χ1n) is 4.05. The summed E-state index contributed by atoms with van der Waals surface area (Å²) in [5.74, 6) is 6.27. The van der Waals surface area contributed by atoms with Crippen LogP contribution < -0.4 is 17.3 Å². The van der Waals surface area contributed by atoms with Crippen LogP contribution in [0.5, 0.6) is 0 Å². The van der Waals surface area contributed by atoms with Gasteiger partial charge in [-0.15, -0.1) is 10.2 Å². The highest BCUT2D eigenvalue weighted by Gasteiger charge is 2.27. The Morgan fingerprint density at radius 1 is 1.31 bits per heavy atom. The van der Waals surface area contributed by atoms with Gasteiger partial charge in [0.15, 0.2) is 5.82 Å². The lowest BCUT2D eigenvalue weighted by atomic mass is 9.87. The Morgan fingerprint density at radius 3 is 2.15 bits per heavy atom. The van der Waals surface area contributed by atoms with Crippen molar-refractivity contribution in [2.24, 2.45) is 11.1 Å². The van der Waals surface area contributed by atoms with Gasteiger partial charge in [0.05, 0.1) is 6.04 Å². The van der Waals surface area contributed by atoms with Crippen molar-refractivity contribution in [1.82, 2.24) is 14.9 Å². The van der Waals surface area contributed by atoms with Crippen LogP contribution in [0.25, 0.3) is 0 Å². The predicted molar refractivity (Wildman–Crippen MR) is 51.0 cm³/mol. The van der Waals surface area contributed by atoms with Gasteiger partial charge >= 0.3 is 0 Å². The molecule has 74 valence electrons. The molecule has 0 amide bonds. The van der Waals surface area contributed by atoms with Gasteiger partial charge in [-0.2, -0.15) is 0 Å². The quantitative estimate of drug-likeness (QED) is 0.515. The molecule has 0 aliphatic carbocycles. The molecule has 6 heteroatoms. The lowest BCUT2D eigenvalue weighted by Gasteiger charge is -2.25. The highest BCUT2D eigenvalue weighted by Crippen LogP contribution is 2.28. The summed E-state index contributed by atoms with van der Waals surface area (Å²) in [4.78, 5) is 0. The Bertz CT molecular complexity index is 296. The molecule has 1 unspecified atom stereocenters. The van der Waals surface area contributed by atoms with Crippen LogP contribution in [0, 0.1) is 5.41 Å². The van der Waals surface area contributed by atoms with E-state index in [1.165, 1.54) is 4.68 Å². The fraction of sp³-hybridized carbons (Fsp3) is 0.714. The van der Waals surface area contributed by atoms with Crippen molar-refractivity contribution in [1.29, 1.82) is 0 Å². The maximum atomic E-state index is 5.93. The number of hydrogen-bond acceptors (Lipinski definition) is 5. The zero-order chi connectivity index (χ0) is 10.2. The van der Waals surface area contributed by atoms with Crippen LogP contribution in [-0.2, 0) is 0 Å². The van der Waals surface area contributed by atoms with Crippen molar-refractivity contribution in [3.63, 3.8) is 0 Å². The molecule has 0 aliphatic rings. The second-order valence-electron chi connectivity index (χ2n) is 4.13. The van der Waals surface area contributed by atoms with Gasteiger partial charge in [0.1, 0.15) is 0 Å². The standard InChI is InChI=1S/C7H16N6/c1-7(2,3)4(8)5-11-12-6(9)13(5)10/h4H,8,10H2,1-3H3,(H2,9,12). The molecule has 1 atom stereocenters. The molecule has 0 aliphatic heterocycles. The molecule has 0 spiro atoms. The third kappa shape index (κ3) is 1.72. The Hall–Kier alpha value is -1.30. The summed E-state index contributed by atoms with van der Waals surface area (Å²) in [5.41, 5.74) is 11.2. The van der Waals surface area contributed by atoms with Crippen molar-refractivity contribution in [3.8, 4) is 0 Å². The average molecular weight is 184 g/mol. The van der Waals surface area contributed by atoms with Gasteiger partial charge in [0, 0.05) is 0 Å². The third-order valence-electron chi connectivity index (χ3n) is 1.96. The van der Waals surface area contributed by atoms with E-state index in [-0.39, 0.29) is 17.4 Å². The highest BCUT2D eigenvalue weighted by atomic mass is 15.4. The molecule has 6 nitrogen and oxygen atoms in total. The molecular formula is C7H16N6. The molecule has 0 aromatic carbocycles. The second kappa shape index (κ2) is 2.88. The van der Waals surface area contributed by atoms with Crippen LogP contribution in [0.1, 0.15) is 32.6 Å². The molecule has 1 aromatic rings. The number of rotatable bonds is 1. The monoisotopic (exact) mass is 184 g/mol. The molecule has 0 saturated heterocycles. The minimum absolute atomic E-state index is 0.114. The van der Waals surface area contributed by atoms with E-state index in [0.717, 1.165) is 0 Å². The fourth-order valence-corrected chi connectivity index (χ4v) is 0.916. The molecule has 0 fully saturated rings. The third-order valence-corrected chi connectivity index (χ3v) is 1.96. The highest BCUT2D eigenvalue weighted by molar-refractivity contribution is 5.19. The summed E-state index contributed by atoms with van der Waals surface area (Å²) in [5, 5.41) is 7.46. The summed E-state index contributed by atoms with van der Waals surface area (Å²) in [7, 11) is 0. The lowest BCUT2D eigenvalue weighted by molar-refractivity contribution is 0.311. The molecule has 13 heavy (non-hydrogen) atoms. The van der Waals surface area contributed by atoms with Gasteiger partial charge in [-0.05, 0) is 5.41 Å². The molecule has 0 saturated carbocycles. The molecule has 1 aromatic heterocycles. The Kier molecular flexibility index (Phi) is 2.17. The van der Waals surface area contributed by atoms with Gasteiger partial charge in [-0.1, -0.05) is 20.8 Å². The minimum atomic E-state index is -0.276. The number of aromatic nitrogens is 3. The number of nitrogen functional groups attached to an aromatic ring is 2. The van der Waals surface area contributed by atoms with Crippen LogP contribution in [0.15, 0.2) is 0 Å². The minimum Gasteiger partial charge on any atom is -0.366 e. The van der Waals surface area contributed by atoms with Gasteiger partial charge in [0.2, 0.25) is 5.95 Å². The molecule has 1 heterocycles. The zero-order valence-electron chi connectivity index (χ0n) is 8.15. The molecule has 0 bridgehead atoms. The molecule has 6 N–H and O–H groups in total. The first kappa shape index (κ1) is 9.79. The number of hydrogen-bond donors (Lipinski definition) is 3. The van der Waals surface area contributed by atoms with E-state index < -0.39 is 0 Å². The zero-order valence-corrected chi connectivity index (χ0v) is 8.15. The normalized spacial score (nSPS) is 14.5. The molecular weight excluding hydrogens is 168 g/mol.